The zero-order valence-electron chi connectivity index (χ0n) is 11.5. The van der Waals surface area contributed by atoms with Crippen molar-refractivity contribution >= 4 is 0 Å². The lowest BCUT2D eigenvalue weighted by molar-refractivity contribution is 0.117. The van der Waals surface area contributed by atoms with Crippen LogP contribution in [0.25, 0.3) is 0 Å². The molecule has 0 saturated carbocycles. The van der Waals surface area contributed by atoms with Gasteiger partial charge in [0.2, 0.25) is 0 Å². The molecule has 1 aromatic carbocycles. The third-order valence-electron chi connectivity index (χ3n) is 3.83. The number of ether oxygens (including phenoxy) is 2. The van der Waals surface area contributed by atoms with Crippen molar-refractivity contribution < 1.29 is 9.47 Å². The van der Waals surface area contributed by atoms with E-state index in [1.165, 1.54) is 11.1 Å². The van der Waals surface area contributed by atoms with Gasteiger partial charge in [-0.3, -0.25) is 0 Å². The SMILES string of the molecule is CNC1CC(C)Oc2c1ccc1c2OC(C)(C)C1. The summed E-state index contributed by atoms with van der Waals surface area (Å²) in [5.41, 5.74) is 2.38. The zero-order chi connectivity index (χ0) is 12.9. The van der Waals surface area contributed by atoms with E-state index in [9.17, 15) is 0 Å². The molecular weight excluding hydrogens is 226 g/mol. The molecule has 0 bridgehead atoms. The number of nitrogens with one attached hydrogen (secondary N) is 1. The third-order valence-corrected chi connectivity index (χ3v) is 3.83. The van der Waals surface area contributed by atoms with Crippen molar-refractivity contribution in [3.05, 3.63) is 23.3 Å². The predicted molar refractivity (Wildman–Crippen MR) is 71.4 cm³/mol. The molecule has 98 valence electrons. The molecule has 3 nitrogen and oxygen atoms in total. The predicted octanol–water partition coefficient (Wildman–Crippen LogP) is 2.83. The van der Waals surface area contributed by atoms with E-state index in [2.05, 4.69) is 38.2 Å². The molecule has 2 atom stereocenters. The maximum absolute atomic E-state index is 6.08. The van der Waals surface area contributed by atoms with E-state index in [4.69, 9.17) is 9.47 Å². The highest BCUT2D eigenvalue weighted by molar-refractivity contribution is 5.56. The summed E-state index contributed by atoms with van der Waals surface area (Å²) in [6.45, 7) is 6.37. The largest absolute Gasteiger partial charge is 0.486 e. The van der Waals surface area contributed by atoms with Gasteiger partial charge in [-0.25, -0.2) is 0 Å². The normalized spacial score (nSPS) is 28.0. The second-order valence-corrected chi connectivity index (χ2v) is 6.02. The average Bonchev–Trinajstić information content (AvgIpc) is 2.62. The van der Waals surface area contributed by atoms with Crippen LogP contribution in [0, 0.1) is 0 Å². The van der Waals surface area contributed by atoms with Crippen molar-refractivity contribution in [3.63, 3.8) is 0 Å². The highest BCUT2D eigenvalue weighted by atomic mass is 16.5. The maximum atomic E-state index is 6.08. The first-order valence-electron chi connectivity index (χ1n) is 6.69. The molecule has 1 aromatic rings. The molecule has 2 aliphatic rings. The lowest BCUT2D eigenvalue weighted by atomic mass is 9.94. The Bertz CT molecular complexity index is 482. The van der Waals surface area contributed by atoms with Crippen molar-refractivity contribution in [1.29, 1.82) is 0 Å². The summed E-state index contributed by atoms with van der Waals surface area (Å²) in [7, 11) is 2.00. The minimum absolute atomic E-state index is 0.114. The molecule has 0 spiro atoms. The molecule has 3 rings (SSSR count). The van der Waals surface area contributed by atoms with Crippen LogP contribution >= 0.6 is 0 Å². The molecule has 1 N–H and O–H groups in total. The van der Waals surface area contributed by atoms with E-state index in [-0.39, 0.29) is 11.7 Å². The molecular formula is C15H21NO2. The summed E-state index contributed by atoms with van der Waals surface area (Å²) in [5.74, 6) is 1.92. The summed E-state index contributed by atoms with van der Waals surface area (Å²) in [6, 6.07) is 4.74. The highest BCUT2D eigenvalue weighted by Crippen LogP contribution is 2.48. The van der Waals surface area contributed by atoms with Crippen LogP contribution in [0.3, 0.4) is 0 Å². The second-order valence-electron chi connectivity index (χ2n) is 6.02. The number of rotatable bonds is 1. The first-order chi connectivity index (χ1) is 8.50. The molecule has 0 aliphatic carbocycles. The van der Waals surface area contributed by atoms with Gasteiger partial charge in [-0.1, -0.05) is 12.1 Å². The van der Waals surface area contributed by atoms with Crippen LogP contribution in [0.2, 0.25) is 0 Å². The van der Waals surface area contributed by atoms with Gasteiger partial charge in [0.05, 0.1) is 6.10 Å². The van der Waals surface area contributed by atoms with Crippen LogP contribution in [0.5, 0.6) is 11.5 Å². The molecule has 0 saturated heterocycles. The smallest absolute Gasteiger partial charge is 0.166 e. The fraction of sp³-hybridized carbons (Fsp3) is 0.600. The fourth-order valence-corrected chi connectivity index (χ4v) is 3.02. The minimum atomic E-state index is -0.114. The monoisotopic (exact) mass is 247 g/mol. The van der Waals surface area contributed by atoms with E-state index >= 15 is 0 Å². The molecule has 2 unspecified atom stereocenters. The molecule has 3 heteroatoms. The summed E-state index contributed by atoms with van der Waals surface area (Å²) in [4.78, 5) is 0. The summed E-state index contributed by atoms with van der Waals surface area (Å²) >= 11 is 0. The number of benzene rings is 1. The number of hydrogen-bond donors (Lipinski definition) is 1. The molecule has 18 heavy (non-hydrogen) atoms. The molecule has 2 aliphatic heterocycles. The Hall–Kier alpha value is -1.22. The van der Waals surface area contributed by atoms with Crippen LogP contribution in [-0.4, -0.2) is 18.8 Å². The molecule has 0 amide bonds. The highest BCUT2D eigenvalue weighted by Gasteiger charge is 2.36. The van der Waals surface area contributed by atoms with Gasteiger partial charge in [-0.05, 0) is 27.8 Å². The number of hydrogen-bond acceptors (Lipinski definition) is 3. The van der Waals surface area contributed by atoms with Crippen LogP contribution < -0.4 is 14.8 Å². The van der Waals surface area contributed by atoms with Gasteiger partial charge in [-0.15, -0.1) is 0 Å². The Morgan fingerprint density at radius 2 is 2.06 bits per heavy atom. The van der Waals surface area contributed by atoms with E-state index in [1.54, 1.807) is 0 Å². The van der Waals surface area contributed by atoms with Gasteiger partial charge >= 0.3 is 0 Å². The molecule has 0 fully saturated rings. The van der Waals surface area contributed by atoms with Crippen LogP contribution in [0.1, 0.15) is 44.4 Å². The van der Waals surface area contributed by atoms with Crippen molar-refractivity contribution in [2.75, 3.05) is 7.05 Å². The van der Waals surface area contributed by atoms with E-state index in [1.807, 2.05) is 7.05 Å². The summed E-state index contributed by atoms with van der Waals surface area (Å²) in [6.07, 6.45) is 2.19. The number of fused-ring (bicyclic) bond motifs is 3. The zero-order valence-corrected chi connectivity index (χ0v) is 11.5. The Labute approximate surface area is 108 Å². The van der Waals surface area contributed by atoms with Gasteiger partial charge < -0.3 is 14.8 Å². The second kappa shape index (κ2) is 3.89. The fourth-order valence-electron chi connectivity index (χ4n) is 3.02. The quantitative estimate of drug-likeness (QED) is 0.827. The molecule has 0 aromatic heterocycles. The molecule has 2 heterocycles. The van der Waals surface area contributed by atoms with Crippen LogP contribution in [0.15, 0.2) is 12.1 Å². The minimum Gasteiger partial charge on any atom is -0.486 e. The van der Waals surface area contributed by atoms with Crippen LogP contribution in [-0.2, 0) is 6.42 Å². The Morgan fingerprint density at radius 1 is 1.28 bits per heavy atom. The first-order valence-corrected chi connectivity index (χ1v) is 6.69. The van der Waals surface area contributed by atoms with Crippen molar-refractivity contribution in [1.82, 2.24) is 5.32 Å². The first kappa shape index (κ1) is 11.8. The van der Waals surface area contributed by atoms with Crippen molar-refractivity contribution in [3.8, 4) is 11.5 Å². The summed E-state index contributed by atoms with van der Waals surface area (Å²) in [5, 5.41) is 3.37. The third kappa shape index (κ3) is 1.77. The lowest BCUT2D eigenvalue weighted by Crippen LogP contribution is -2.30. The topological polar surface area (TPSA) is 30.5 Å². The van der Waals surface area contributed by atoms with E-state index < -0.39 is 0 Å². The van der Waals surface area contributed by atoms with E-state index in [0.717, 1.165) is 24.3 Å². The van der Waals surface area contributed by atoms with Crippen molar-refractivity contribution in [2.45, 2.75) is 51.4 Å². The maximum Gasteiger partial charge on any atom is 0.166 e. The van der Waals surface area contributed by atoms with Crippen molar-refractivity contribution in [2.24, 2.45) is 0 Å². The standard InChI is InChI=1S/C15H21NO2/c1-9-7-12(16-4)11-6-5-10-8-15(2,3)18-13(10)14(11)17-9/h5-6,9,12,16H,7-8H2,1-4H3. The summed E-state index contributed by atoms with van der Waals surface area (Å²) < 4.78 is 12.1. The van der Waals surface area contributed by atoms with Gasteiger partial charge in [0, 0.05) is 30.0 Å². The Balaban J connectivity index is 2.09. The van der Waals surface area contributed by atoms with E-state index in [0.29, 0.717) is 6.04 Å². The van der Waals surface area contributed by atoms with Crippen LogP contribution in [0.4, 0.5) is 0 Å². The Kier molecular flexibility index (Phi) is 2.56. The lowest BCUT2D eigenvalue weighted by Gasteiger charge is -2.31. The molecule has 0 radical (unpaired) electrons. The van der Waals surface area contributed by atoms with Gasteiger partial charge in [-0.2, -0.15) is 0 Å². The van der Waals surface area contributed by atoms with Gasteiger partial charge in [0.25, 0.3) is 0 Å². The average molecular weight is 247 g/mol. The Morgan fingerprint density at radius 3 is 2.78 bits per heavy atom. The van der Waals surface area contributed by atoms with Gasteiger partial charge in [0.1, 0.15) is 5.60 Å². The van der Waals surface area contributed by atoms with Gasteiger partial charge in [0.15, 0.2) is 11.5 Å².